The van der Waals surface area contributed by atoms with Crippen LogP contribution in [0.5, 0.6) is 0 Å². The lowest BCUT2D eigenvalue weighted by Crippen LogP contribution is -2.45. The van der Waals surface area contributed by atoms with Crippen molar-refractivity contribution in [1.82, 2.24) is 5.32 Å². The van der Waals surface area contributed by atoms with Gasteiger partial charge in [-0.05, 0) is 53.1 Å². The Morgan fingerprint density at radius 2 is 1.86 bits per heavy atom. The highest BCUT2D eigenvalue weighted by Crippen LogP contribution is 2.09. The number of carbonyl (C=O) groups excluding carboxylic acids is 2. The highest BCUT2D eigenvalue weighted by atomic mass is 127. The third kappa shape index (κ3) is 7.07. The highest BCUT2D eigenvalue weighted by molar-refractivity contribution is 14.1. The van der Waals surface area contributed by atoms with Gasteiger partial charge in [0.25, 0.3) is 0 Å². The minimum absolute atomic E-state index is 0.218. The molecule has 114 valence electrons. The van der Waals surface area contributed by atoms with Crippen LogP contribution in [-0.2, 0) is 20.8 Å². The average molecular weight is 404 g/mol. The van der Waals surface area contributed by atoms with Crippen molar-refractivity contribution in [3.8, 4) is 0 Å². The molecule has 0 aromatic heterocycles. The zero-order chi connectivity index (χ0) is 15.8. The lowest BCUT2D eigenvalue weighted by Gasteiger charge is -2.13. The summed E-state index contributed by atoms with van der Waals surface area (Å²) in [6.07, 6.45) is 1.07. The number of nitrogens with two attached hydrogens (primary N) is 1. The number of carboxylic acid groups (broad SMARTS) is 1. The van der Waals surface area contributed by atoms with Crippen LogP contribution in [-0.4, -0.2) is 28.9 Å². The van der Waals surface area contributed by atoms with Crippen LogP contribution in [0.4, 0.5) is 0 Å². The van der Waals surface area contributed by atoms with Gasteiger partial charge in [0.15, 0.2) is 0 Å². The van der Waals surface area contributed by atoms with E-state index in [0.29, 0.717) is 6.42 Å². The largest absolute Gasteiger partial charge is 0.481 e. The van der Waals surface area contributed by atoms with Crippen molar-refractivity contribution in [1.29, 1.82) is 0 Å². The van der Waals surface area contributed by atoms with E-state index in [1.807, 2.05) is 24.3 Å². The second kappa shape index (κ2) is 8.60. The first-order valence-corrected chi connectivity index (χ1v) is 7.51. The Kier molecular flexibility index (Phi) is 7.13. The Balaban J connectivity index is 2.37. The number of aliphatic carboxylic acids is 1. The van der Waals surface area contributed by atoms with E-state index < -0.39 is 24.3 Å². The van der Waals surface area contributed by atoms with E-state index in [0.717, 1.165) is 15.6 Å². The fourth-order valence-corrected chi connectivity index (χ4v) is 2.13. The summed E-state index contributed by atoms with van der Waals surface area (Å²) in [5.74, 6) is -2.40. The Hall–Kier alpha value is -1.64. The fourth-order valence-electron chi connectivity index (χ4n) is 1.77. The van der Waals surface area contributed by atoms with Gasteiger partial charge >= 0.3 is 5.97 Å². The minimum Gasteiger partial charge on any atom is -0.481 e. The monoisotopic (exact) mass is 404 g/mol. The molecule has 7 heteroatoms. The predicted molar refractivity (Wildman–Crippen MR) is 85.5 cm³/mol. The number of hydrogen-bond acceptors (Lipinski definition) is 3. The van der Waals surface area contributed by atoms with E-state index in [-0.39, 0.29) is 12.3 Å². The SMILES string of the molecule is NC(=O)[C@H](CC(=O)O)NC(=O)CCCc1ccc(I)cc1. The van der Waals surface area contributed by atoms with Crippen LogP contribution >= 0.6 is 22.6 Å². The summed E-state index contributed by atoms with van der Waals surface area (Å²) in [6.45, 7) is 0. The summed E-state index contributed by atoms with van der Waals surface area (Å²) >= 11 is 2.22. The van der Waals surface area contributed by atoms with Crippen molar-refractivity contribution in [2.45, 2.75) is 31.7 Å². The Labute approximate surface area is 136 Å². The molecule has 0 radical (unpaired) electrons. The van der Waals surface area contributed by atoms with Gasteiger partial charge in [0.2, 0.25) is 11.8 Å². The highest BCUT2D eigenvalue weighted by Gasteiger charge is 2.20. The number of nitrogens with one attached hydrogen (secondary N) is 1. The number of carbonyl (C=O) groups is 3. The molecule has 0 saturated carbocycles. The molecule has 1 atom stereocenters. The van der Waals surface area contributed by atoms with Crippen LogP contribution in [0.2, 0.25) is 0 Å². The summed E-state index contributed by atoms with van der Waals surface area (Å²) < 4.78 is 1.15. The van der Waals surface area contributed by atoms with E-state index in [4.69, 9.17) is 10.8 Å². The smallest absolute Gasteiger partial charge is 0.305 e. The minimum atomic E-state index is -1.18. The topological polar surface area (TPSA) is 109 Å². The van der Waals surface area contributed by atoms with Crippen LogP contribution in [0.3, 0.4) is 0 Å². The van der Waals surface area contributed by atoms with Gasteiger partial charge in [0.05, 0.1) is 6.42 Å². The standard InChI is InChI=1S/C14H17IN2O4/c15-10-6-4-9(5-7-10)2-1-3-12(18)17-11(14(16)21)8-13(19)20/h4-7,11H,1-3,8H2,(H2,16,21)(H,17,18)(H,19,20)/t11-/m0/s1. The number of carboxylic acids is 1. The number of amides is 2. The number of aryl methyl sites for hydroxylation is 1. The molecule has 4 N–H and O–H groups in total. The molecule has 1 aromatic rings. The van der Waals surface area contributed by atoms with Crippen molar-refractivity contribution < 1.29 is 19.5 Å². The van der Waals surface area contributed by atoms with Gasteiger partial charge in [-0.3, -0.25) is 14.4 Å². The van der Waals surface area contributed by atoms with Crippen molar-refractivity contribution >= 4 is 40.4 Å². The van der Waals surface area contributed by atoms with E-state index >= 15 is 0 Å². The molecule has 0 bridgehead atoms. The second-order valence-electron chi connectivity index (χ2n) is 4.60. The third-order valence-corrected chi connectivity index (χ3v) is 3.56. The first-order chi connectivity index (χ1) is 9.88. The number of rotatable bonds is 8. The summed E-state index contributed by atoms with van der Waals surface area (Å²) in [5, 5.41) is 11.0. The van der Waals surface area contributed by atoms with Crippen LogP contribution in [0, 0.1) is 3.57 Å². The maximum absolute atomic E-state index is 11.7. The summed E-state index contributed by atoms with van der Waals surface area (Å²) in [5.41, 5.74) is 6.17. The van der Waals surface area contributed by atoms with Crippen molar-refractivity contribution in [2.75, 3.05) is 0 Å². The van der Waals surface area contributed by atoms with Crippen LogP contribution < -0.4 is 11.1 Å². The molecule has 2 amide bonds. The van der Waals surface area contributed by atoms with E-state index in [2.05, 4.69) is 27.9 Å². The fraction of sp³-hybridized carbons (Fsp3) is 0.357. The zero-order valence-corrected chi connectivity index (χ0v) is 13.5. The van der Waals surface area contributed by atoms with E-state index in [1.165, 1.54) is 0 Å². The molecule has 1 aromatic carbocycles. The maximum atomic E-state index is 11.7. The van der Waals surface area contributed by atoms with Crippen LogP contribution in [0.25, 0.3) is 0 Å². The van der Waals surface area contributed by atoms with Gasteiger partial charge in [-0.15, -0.1) is 0 Å². The quantitative estimate of drug-likeness (QED) is 0.563. The average Bonchev–Trinajstić information content (AvgIpc) is 2.39. The van der Waals surface area contributed by atoms with Crippen LogP contribution in [0.1, 0.15) is 24.8 Å². The van der Waals surface area contributed by atoms with Gasteiger partial charge in [0.1, 0.15) is 6.04 Å². The van der Waals surface area contributed by atoms with E-state index in [9.17, 15) is 14.4 Å². The molecule has 0 aliphatic heterocycles. The molecular weight excluding hydrogens is 387 g/mol. The molecular formula is C14H17IN2O4. The van der Waals surface area contributed by atoms with Gasteiger partial charge in [-0.25, -0.2) is 0 Å². The maximum Gasteiger partial charge on any atom is 0.305 e. The van der Waals surface area contributed by atoms with Gasteiger partial charge in [0, 0.05) is 9.99 Å². The Morgan fingerprint density at radius 3 is 2.38 bits per heavy atom. The number of primary amides is 1. The Morgan fingerprint density at radius 1 is 1.24 bits per heavy atom. The first kappa shape index (κ1) is 17.4. The predicted octanol–water partition coefficient (Wildman–Crippen LogP) is 1.06. The summed E-state index contributed by atoms with van der Waals surface area (Å²) in [4.78, 5) is 33.3. The van der Waals surface area contributed by atoms with E-state index in [1.54, 1.807) is 0 Å². The molecule has 6 nitrogen and oxygen atoms in total. The van der Waals surface area contributed by atoms with Gasteiger partial charge < -0.3 is 16.2 Å². The molecule has 0 saturated heterocycles. The molecule has 0 heterocycles. The van der Waals surface area contributed by atoms with Crippen molar-refractivity contribution in [3.63, 3.8) is 0 Å². The number of benzene rings is 1. The molecule has 0 aliphatic rings. The van der Waals surface area contributed by atoms with Gasteiger partial charge in [-0.1, -0.05) is 12.1 Å². The number of hydrogen-bond donors (Lipinski definition) is 3. The summed E-state index contributed by atoms with van der Waals surface area (Å²) in [7, 11) is 0. The second-order valence-corrected chi connectivity index (χ2v) is 5.85. The molecule has 0 spiro atoms. The first-order valence-electron chi connectivity index (χ1n) is 6.43. The molecule has 1 rings (SSSR count). The molecule has 0 fully saturated rings. The molecule has 21 heavy (non-hydrogen) atoms. The molecule has 0 aliphatic carbocycles. The zero-order valence-electron chi connectivity index (χ0n) is 11.3. The van der Waals surface area contributed by atoms with Crippen LogP contribution in [0.15, 0.2) is 24.3 Å². The third-order valence-electron chi connectivity index (χ3n) is 2.84. The molecule has 0 unspecified atom stereocenters. The Bertz CT molecular complexity index is 516. The lowest BCUT2D eigenvalue weighted by atomic mass is 10.1. The van der Waals surface area contributed by atoms with Crippen molar-refractivity contribution in [2.24, 2.45) is 5.73 Å². The normalized spacial score (nSPS) is 11.7. The van der Waals surface area contributed by atoms with Crippen molar-refractivity contribution in [3.05, 3.63) is 33.4 Å². The number of halogens is 1. The van der Waals surface area contributed by atoms with Gasteiger partial charge in [-0.2, -0.15) is 0 Å². The summed E-state index contributed by atoms with van der Waals surface area (Å²) in [6, 6.07) is 6.82. The lowest BCUT2D eigenvalue weighted by molar-refractivity contribution is -0.140.